The molecule has 0 fully saturated rings. The van der Waals surface area contributed by atoms with Crippen molar-refractivity contribution < 1.29 is 38.7 Å². The molecule has 0 aromatic heterocycles. The lowest BCUT2D eigenvalue weighted by molar-refractivity contribution is -0.206. The van der Waals surface area contributed by atoms with Gasteiger partial charge in [-0.05, 0) is 40.0 Å². The summed E-state index contributed by atoms with van der Waals surface area (Å²) in [5.74, 6) is -0.822. The van der Waals surface area contributed by atoms with Gasteiger partial charge in [-0.3, -0.25) is 0 Å². The Bertz CT molecular complexity index is 476. The van der Waals surface area contributed by atoms with Crippen LogP contribution in [0.3, 0.4) is 0 Å². The van der Waals surface area contributed by atoms with Crippen molar-refractivity contribution in [2.75, 3.05) is 27.1 Å². The van der Waals surface area contributed by atoms with Gasteiger partial charge < -0.3 is 33.9 Å². The molecule has 5 atom stereocenters. The molecule has 0 bridgehead atoms. The molecular weight excluding hydrogens is 452 g/mol. The highest BCUT2D eigenvalue weighted by molar-refractivity contribution is 5.75. The number of carbonyl (C=O) groups is 1. The van der Waals surface area contributed by atoms with E-state index in [4.69, 9.17) is 23.7 Å². The summed E-state index contributed by atoms with van der Waals surface area (Å²) in [6, 6.07) is 0. The van der Waals surface area contributed by atoms with Crippen LogP contribution in [0, 0.1) is 0 Å². The molecule has 0 heterocycles. The van der Waals surface area contributed by atoms with E-state index in [1.807, 2.05) is 13.8 Å². The number of rotatable bonds is 25. The minimum absolute atomic E-state index is 0.138. The molecule has 0 spiro atoms. The molecule has 0 aromatic rings. The van der Waals surface area contributed by atoms with E-state index in [1.54, 1.807) is 14.0 Å². The zero-order valence-corrected chi connectivity index (χ0v) is 23.0. The van der Waals surface area contributed by atoms with Crippen molar-refractivity contribution in [1.82, 2.24) is 0 Å². The zero-order chi connectivity index (χ0) is 26.3. The monoisotopic (exact) mass is 506 g/mol. The van der Waals surface area contributed by atoms with Gasteiger partial charge in [0.15, 0.2) is 12.4 Å². The van der Waals surface area contributed by atoms with Crippen LogP contribution in [-0.2, 0) is 28.5 Å². The molecule has 8 heteroatoms. The van der Waals surface area contributed by atoms with E-state index in [1.165, 1.54) is 51.4 Å². The molecule has 1 unspecified atom stereocenters. The van der Waals surface area contributed by atoms with Gasteiger partial charge in [-0.2, -0.15) is 0 Å². The number of carbonyl (C=O) groups excluding carboxylic acids is 1. The van der Waals surface area contributed by atoms with Crippen LogP contribution in [0.4, 0.5) is 0 Å². The van der Waals surface area contributed by atoms with Gasteiger partial charge in [0, 0.05) is 13.7 Å². The van der Waals surface area contributed by atoms with E-state index in [2.05, 4.69) is 6.92 Å². The predicted octanol–water partition coefficient (Wildman–Crippen LogP) is 5.12. The van der Waals surface area contributed by atoms with E-state index >= 15 is 0 Å². The van der Waals surface area contributed by atoms with Gasteiger partial charge in [0.1, 0.15) is 6.79 Å². The first-order valence-electron chi connectivity index (χ1n) is 13.8. The second-order valence-corrected chi connectivity index (χ2v) is 9.12. The maximum Gasteiger partial charge on any atom is 0.337 e. The van der Waals surface area contributed by atoms with Crippen molar-refractivity contribution in [3.8, 4) is 0 Å². The molecule has 0 amide bonds. The number of methoxy groups -OCH3 is 1. The van der Waals surface area contributed by atoms with E-state index in [0.717, 1.165) is 19.3 Å². The fraction of sp³-hybridized carbons (Fsp3) is 0.963. The van der Waals surface area contributed by atoms with Crippen LogP contribution >= 0.6 is 0 Å². The molecule has 0 aliphatic rings. The highest BCUT2D eigenvalue weighted by atomic mass is 16.7. The summed E-state index contributed by atoms with van der Waals surface area (Å²) in [6.45, 7) is 8.42. The fourth-order valence-corrected chi connectivity index (χ4v) is 4.10. The van der Waals surface area contributed by atoms with Gasteiger partial charge in [0.25, 0.3) is 0 Å². The lowest BCUT2D eigenvalue weighted by Crippen LogP contribution is -2.39. The first-order valence-corrected chi connectivity index (χ1v) is 13.8. The van der Waals surface area contributed by atoms with Crippen molar-refractivity contribution >= 4 is 5.97 Å². The van der Waals surface area contributed by atoms with Crippen LogP contribution in [0.2, 0.25) is 0 Å². The molecule has 0 radical (unpaired) electrons. The largest absolute Gasteiger partial charge is 0.464 e. The maximum atomic E-state index is 11.8. The summed E-state index contributed by atoms with van der Waals surface area (Å²) in [5, 5.41) is 20.4. The number of esters is 1. The highest BCUT2D eigenvalue weighted by Gasteiger charge is 2.30. The van der Waals surface area contributed by atoms with Gasteiger partial charge >= 0.3 is 5.97 Å². The van der Waals surface area contributed by atoms with Crippen molar-refractivity contribution in [2.45, 2.75) is 142 Å². The normalized spacial score (nSPS) is 16.0. The number of unbranched alkanes of at least 4 members (excludes halogenated alkanes) is 9. The summed E-state index contributed by atoms with van der Waals surface area (Å²) in [5.41, 5.74) is 0. The van der Waals surface area contributed by atoms with Gasteiger partial charge in [-0.15, -0.1) is 0 Å². The Morgan fingerprint density at radius 2 is 1.34 bits per heavy atom. The average Bonchev–Trinajstić information content (AvgIpc) is 2.84. The number of aliphatic hydroxyl groups is 2. The van der Waals surface area contributed by atoms with Crippen LogP contribution in [0.1, 0.15) is 111 Å². The second-order valence-electron chi connectivity index (χ2n) is 9.12. The summed E-state index contributed by atoms with van der Waals surface area (Å²) >= 11 is 0. The van der Waals surface area contributed by atoms with Crippen LogP contribution < -0.4 is 0 Å². The van der Waals surface area contributed by atoms with Crippen molar-refractivity contribution in [1.29, 1.82) is 0 Å². The van der Waals surface area contributed by atoms with E-state index in [-0.39, 0.29) is 32.0 Å². The SMILES string of the molecule is CCCCCCCCCCCC[C@@H](OCOC)[C@@H](CC[C@H](O)[C@@H](O)C(=O)OCC)OC(C)OCC. The fourth-order valence-electron chi connectivity index (χ4n) is 4.10. The predicted molar refractivity (Wildman–Crippen MR) is 137 cm³/mol. The molecule has 0 saturated carbocycles. The Kier molecular flexibility index (Phi) is 23.1. The Morgan fingerprint density at radius 3 is 1.89 bits per heavy atom. The van der Waals surface area contributed by atoms with Crippen molar-refractivity contribution in [3.63, 3.8) is 0 Å². The Morgan fingerprint density at radius 1 is 0.743 bits per heavy atom. The molecule has 0 rings (SSSR count). The molecule has 2 N–H and O–H groups in total. The lowest BCUT2D eigenvalue weighted by atomic mass is 9.98. The number of hydrogen-bond acceptors (Lipinski definition) is 8. The minimum Gasteiger partial charge on any atom is -0.464 e. The van der Waals surface area contributed by atoms with Gasteiger partial charge in [0.2, 0.25) is 0 Å². The van der Waals surface area contributed by atoms with E-state index in [9.17, 15) is 15.0 Å². The standard InChI is InChI=1S/C27H54O8/c1-6-9-10-11-12-13-14-15-16-17-18-24(34-21-31-5)25(35-22(4)32-7-2)20-19-23(28)26(29)27(30)33-8-3/h22-26,28-29H,6-21H2,1-5H3/t22?,23-,24+,25+,26+/m0/s1. The van der Waals surface area contributed by atoms with Crippen molar-refractivity contribution in [3.05, 3.63) is 0 Å². The Balaban J connectivity index is 4.77. The third-order valence-corrected chi connectivity index (χ3v) is 6.06. The molecule has 0 saturated heterocycles. The third kappa shape index (κ3) is 18.2. The first-order chi connectivity index (χ1) is 16.9. The number of aliphatic hydroxyl groups excluding tert-OH is 2. The number of hydrogen-bond donors (Lipinski definition) is 2. The number of ether oxygens (including phenoxy) is 5. The quantitative estimate of drug-likeness (QED) is 0.0999. The molecule has 8 nitrogen and oxygen atoms in total. The smallest absolute Gasteiger partial charge is 0.337 e. The first kappa shape index (κ1) is 34.2. The molecule has 0 aliphatic heterocycles. The average molecular weight is 507 g/mol. The lowest BCUT2D eigenvalue weighted by Gasteiger charge is -2.30. The summed E-state index contributed by atoms with van der Waals surface area (Å²) in [7, 11) is 1.58. The Labute approximate surface area is 214 Å². The van der Waals surface area contributed by atoms with Crippen LogP contribution in [0.5, 0.6) is 0 Å². The highest BCUT2D eigenvalue weighted by Crippen LogP contribution is 2.22. The van der Waals surface area contributed by atoms with Gasteiger partial charge in [0.05, 0.1) is 24.9 Å². The maximum absolute atomic E-state index is 11.8. The van der Waals surface area contributed by atoms with Crippen molar-refractivity contribution in [2.24, 2.45) is 0 Å². The molecule has 0 aromatic carbocycles. The molecule has 0 aliphatic carbocycles. The minimum atomic E-state index is -1.58. The summed E-state index contributed by atoms with van der Waals surface area (Å²) < 4.78 is 27.6. The van der Waals surface area contributed by atoms with Crippen LogP contribution in [0.25, 0.3) is 0 Å². The Hall–Kier alpha value is -0.770. The third-order valence-electron chi connectivity index (χ3n) is 6.06. The molecular formula is C27H54O8. The van der Waals surface area contributed by atoms with Gasteiger partial charge in [-0.25, -0.2) is 4.79 Å². The molecule has 210 valence electrons. The molecule has 35 heavy (non-hydrogen) atoms. The van der Waals surface area contributed by atoms with E-state index < -0.39 is 24.5 Å². The van der Waals surface area contributed by atoms with Gasteiger partial charge in [-0.1, -0.05) is 71.1 Å². The van der Waals surface area contributed by atoms with Crippen LogP contribution in [0.15, 0.2) is 0 Å². The summed E-state index contributed by atoms with van der Waals surface area (Å²) in [6.07, 6.45) is 9.96. The topological polar surface area (TPSA) is 104 Å². The van der Waals surface area contributed by atoms with Crippen LogP contribution in [-0.4, -0.2) is 74.0 Å². The zero-order valence-electron chi connectivity index (χ0n) is 23.0. The second kappa shape index (κ2) is 23.6. The summed E-state index contributed by atoms with van der Waals surface area (Å²) in [4.78, 5) is 11.8. The van der Waals surface area contributed by atoms with E-state index in [0.29, 0.717) is 13.0 Å².